The molecule has 0 atom stereocenters. The van der Waals surface area contributed by atoms with E-state index in [1.807, 2.05) is 36.4 Å². The van der Waals surface area contributed by atoms with Crippen LogP contribution in [0.15, 0.2) is 77.7 Å². The highest BCUT2D eigenvalue weighted by atomic mass is 32.2. The van der Waals surface area contributed by atoms with E-state index >= 15 is 0 Å². The van der Waals surface area contributed by atoms with E-state index in [4.69, 9.17) is 4.74 Å². The van der Waals surface area contributed by atoms with Crippen molar-refractivity contribution in [1.82, 2.24) is 5.32 Å². The average Bonchev–Trinajstić information content (AvgIpc) is 2.83. The summed E-state index contributed by atoms with van der Waals surface area (Å²) in [6, 6.07) is 20.2. The number of anilines is 1. The quantitative estimate of drug-likeness (QED) is 0.562. The lowest BCUT2D eigenvalue weighted by molar-refractivity contribution is 0.382. The second-order valence-electron chi connectivity index (χ2n) is 7.94. The van der Waals surface area contributed by atoms with Gasteiger partial charge in [0.05, 0.1) is 17.7 Å². The van der Waals surface area contributed by atoms with E-state index in [9.17, 15) is 12.8 Å². The van der Waals surface area contributed by atoms with Crippen molar-refractivity contribution >= 4 is 15.7 Å². The maximum atomic E-state index is 14.0. The Morgan fingerprint density at radius 1 is 1.00 bits per heavy atom. The third-order valence-corrected chi connectivity index (χ3v) is 7.60. The molecule has 5 nitrogen and oxygen atoms in total. The molecule has 1 aliphatic rings. The third kappa shape index (κ3) is 4.79. The summed E-state index contributed by atoms with van der Waals surface area (Å²) in [6.45, 7) is 2.03. The molecule has 0 unspecified atom stereocenters. The van der Waals surface area contributed by atoms with Crippen LogP contribution in [-0.4, -0.2) is 35.2 Å². The number of ether oxygens (including phenoxy) is 1. The molecule has 4 rings (SSSR count). The smallest absolute Gasteiger partial charge is 0.264 e. The monoisotopic (exact) mass is 454 g/mol. The predicted octanol–water partition coefficient (Wildman–Crippen LogP) is 4.70. The number of hydrogen-bond acceptors (Lipinski definition) is 4. The van der Waals surface area contributed by atoms with Crippen LogP contribution in [0.2, 0.25) is 0 Å². The lowest BCUT2D eigenvalue weighted by atomic mass is 9.97. The van der Waals surface area contributed by atoms with E-state index in [0.717, 1.165) is 43.1 Å². The van der Waals surface area contributed by atoms with E-state index in [1.54, 1.807) is 19.2 Å². The summed E-state index contributed by atoms with van der Waals surface area (Å²) in [6.07, 6.45) is 1.76. The zero-order valence-corrected chi connectivity index (χ0v) is 18.8. The van der Waals surface area contributed by atoms with Crippen molar-refractivity contribution in [3.05, 3.63) is 78.6 Å². The number of nitrogens with one attached hydrogen (secondary N) is 1. The minimum absolute atomic E-state index is 0.0544. The van der Waals surface area contributed by atoms with Crippen LogP contribution in [0.5, 0.6) is 5.75 Å². The van der Waals surface area contributed by atoms with Crippen molar-refractivity contribution in [2.75, 3.05) is 31.0 Å². The van der Waals surface area contributed by atoms with Crippen molar-refractivity contribution in [1.29, 1.82) is 0 Å². The van der Waals surface area contributed by atoms with Gasteiger partial charge in [-0.05, 0) is 73.8 Å². The topological polar surface area (TPSA) is 58.6 Å². The van der Waals surface area contributed by atoms with Crippen LogP contribution in [0, 0.1) is 11.7 Å². The molecular weight excluding hydrogens is 427 g/mol. The van der Waals surface area contributed by atoms with Crippen molar-refractivity contribution in [2.24, 2.45) is 5.92 Å². The van der Waals surface area contributed by atoms with Gasteiger partial charge in [-0.1, -0.05) is 36.4 Å². The Bertz CT molecular complexity index is 1160. The Morgan fingerprint density at radius 2 is 1.75 bits per heavy atom. The predicted molar refractivity (Wildman–Crippen MR) is 125 cm³/mol. The number of sulfonamides is 1. The van der Waals surface area contributed by atoms with E-state index < -0.39 is 15.8 Å². The molecule has 0 amide bonds. The van der Waals surface area contributed by atoms with Gasteiger partial charge in [-0.15, -0.1) is 0 Å². The molecule has 1 heterocycles. The molecule has 0 bridgehead atoms. The summed E-state index contributed by atoms with van der Waals surface area (Å²) in [5.41, 5.74) is 2.19. The normalized spacial score (nSPS) is 14.8. The summed E-state index contributed by atoms with van der Waals surface area (Å²) < 4.78 is 48.4. The van der Waals surface area contributed by atoms with Gasteiger partial charge in [-0.2, -0.15) is 0 Å². The van der Waals surface area contributed by atoms with Crippen molar-refractivity contribution in [3.8, 4) is 16.9 Å². The Kier molecular flexibility index (Phi) is 6.77. The molecule has 32 heavy (non-hydrogen) atoms. The minimum Gasteiger partial charge on any atom is -0.497 e. The second-order valence-corrected chi connectivity index (χ2v) is 9.80. The molecule has 7 heteroatoms. The molecule has 1 N–H and O–H groups in total. The lowest BCUT2D eigenvalue weighted by Crippen LogP contribution is -2.39. The number of nitrogens with zero attached hydrogens (tertiary/aromatic N) is 1. The second kappa shape index (κ2) is 9.71. The summed E-state index contributed by atoms with van der Waals surface area (Å²) in [5.74, 6) is 0.258. The Morgan fingerprint density at radius 3 is 2.44 bits per heavy atom. The van der Waals surface area contributed by atoms with Crippen LogP contribution in [-0.2, 0) is 10.0 Å². The average molecular weight is 455 g/mol. The molecule has 0 saturated carbocycles. The molecule has 3 aromatic rings. The molecule has 0 aliphatic carbocycles. The largest absolute Gasteiger partial charge is 0.497 e. The molecular formula is C25H27FN2O3S. The first-order chi connectivity index (χ1) is 15.5. The van der Waals surface area contributed by atoms with E-state index in [1.165, 1.54) is 22.5 Å². The Labute approximate surface area is 188 Å². The first-order valence-corrected chi connectivity index (χ1v) is 12.2. The SMILES string of the molecule is COc1ccc(N(CC2CCNCC2)S(=O)(=O)c2cccc(F)c2)c(-c2ccccc2)c1. The highest BCUT2D eigenvalue weighted by molar-refractivity contribution is 7.92. The number of halogens is 1. The van der Waals surface area contributed by atoms with Gasteiger partial charge < -0.3 is 10.1 Å². The Hall–Kier alpha value is -2.90. The maximum absolute atomic E-state index is 14.0. The van der Waals surface area contributed by atoms with Crippen LogP contribution < -0.4 is 14.4 Å². The Balaban J connectivity index is 1.86. The van der Waals surface area contributed by atoms with Crippen LogP contribution in [0.4, 0.5) is 10.1 Å². The first kappa shape index (κ1) is 22.3. The van der Waals surface area contributed by atoms with Gasteiger partial charge in [-0.25, -0.2) is 12.8 Å². The standard InChI is InChI=1S/C25H27FN2O3S/c1-31-22-10-11-25(24(17-22)20-6-3-2-4-7-20)28(18-19-12-14-27-15-13-19)32(29,30)23-9-5-8-21(26)16-23/h2-11,16-17,19,27H,12-15,18H2,1H3. The maximum Gasteiger partial charge on any atom is 0.264 e. The van der Waals surface area contributed by atoms with Gasteiger partial charge in [0.1, 0.15) is 11.6 Å². The zero-order valence-electron chi connectivity index (χ0n) is 18.0. The van der Waals surface area contributed by atoms with Gasteiger partial charge in [-0.3, -0.25) is 4.31 Å². The molecule has 0 radical (unpaired) electrons. The lowest BCUT2D eigenvalue weighted by Gasteiger charge is -2.32. The van der Waals surface area contributed by atoms with Crippen LogP contribution >= 0.6 is 0 Å². The van der Waals surface area contributed by atoms with Gasteiger partial charge >= 0.3 is 0 Å². The van der Waals surface area contributed by atoms with Gasteiger partial charge in [0.15, 0.2) is 0 Å². The van der Waals surface area contributed by atoms with Crippen molar-refractivity contribution in [3.63, 3.8) is 0 Å². The minimum atomic E-state index is -3.99. The number of benzene rings is 3. The van der Waals surface area contributed by atoms with Crippen LogP contribution in [0.3, 0.4) is 0 Å². The molecule has 0 spiro atoms. The van der Waals surface area contributed by atoms with E-state index in [-0.39, 0.29) is 10.8 Å². The molecule has 168 valence electrons. The fourth-order valence-corrected chi connectivity index (χ4v) is 5.68. The van der Waals surface area contributed by atoms with Crippen LogP contribution in [0.25, 0.3) is 11.1 Å². The van der Waals surface area contributed by atoms with Gasteiger partial charge in [0.2, 0.25) is 0 Å². The summed E-state index contributed by atoms with van der Waals surface area (Å²) in [7, 11) is -2.41. The van der Waals surface area contributed by atoms with Crippen molar-refractivity contribution in [2.45, 2.75) is 17.7 Å². The number of piperidine rings is 1. The highest BCUT2D eigenvalue weighted by Crippen LogP contribution is 2.38. The fourth-order valence-electron chi connectivity index (χ4n) is 4.09. The van der Waals surface area contributed by atoms with Gasteiger partial charge in [0.25, 0.3) is 10.0 Å². The first-order valence-electron chi connectivity index (χ1n) is 10.7. The van der Waals surface area contributed by atoms with E-state index in [2.05, 4.69) is 5.32 Å². The summed E-state index contributed by atoms with van der Waals surface area (Å²) >= 11 is 0. The molecule has 1 aliphatic heterocycles. The zero-order chi connectivity index (χ0) is 22.6. The van der Waals surface area contributed by atoms with E-state index in [0.29, 0.717) is 18.0 Å². The van der Waals surface area contributed by atoms with Gasteiger partial charge in [0, 0.05) is 12.1 Å². The molecule has 1 fully saturated rings. The molecule has 3 aromatic carbocycles. The molecule has 1 saturated heterocycles. The van der Waals surface area contributed by atoms with Crippen LogP contribution in [0.1, 0.15) is 12.8 Å². The number of methoxy groups -OCH3 is 1. The summed E-state index contributed by atoms with van der Waals surface area (Å²) in [5, 5.41) is 3.32. The fraction of sp³-hybridized carbons (Fsp3) is 0.280. The summed E-state index contributed by atoms with van der Waals surface area (Å²) in [4.78, 5) is -0.0544. The van der Waals surface area contributed by atoms with Crippen molar-refractivity contribution < 1.29 is 17.5 Å². The number of rotatable bonds is 7. The number of hydrogen-bond donors (Lipinski definition) is 1. The third-order valence-electron chi connectivity index (χ3n) is 5.82. The highest BCUT2D eigenvalue weighted by Gasteiger charge is 2.30. The molecule has 0 aromatic heterocycles.